The molecule has 0 aliphatic carbocycles. The fourth-order valence-corrected chi connectivity index (χ4v) is 5.39. The van der Waals surface area contributed by atoms with Crippen molar-refractivity contribution in [2.45, 2.75) is 24.8 Å². The summed E-state index contributed by atoms with van der Waals surface area (Å²) in [4.78, 5) is 2.43. The van der Waals surface area contributed by atoms with E-state index in [0.29, 0.717) is 31.9 Å². The molecule has 1 aliphatic rings. The highest BCUT2D eigenvalue weighted by molar-refractivity contribution is 7.89. The smallest absolute Gasteiger partial charge is 0.246 e. The van der Waals surface area contributed by atoms with Gasteiger partial charge < -0.3 is 9.64 Å². The molecule has 0 unspecified atom stereocenters. The Labute approximate surface area is 183 Å². The maximum absolute atomic E-state index is 13.6. The summed E-state index contributed by atoms with van der Waals surface area (Å²) in [5.41, 5.74) is 2.29. The van der Waals surface area contributed by atoms with Crippen molar-refractivity contribution in [1.82, 2.24) is 14.1 Å². The minimum Gasteiger partial charge on any atom is -0.495 e. The Hall–Kier alpha value is -2.84. The van der Waals surface area contributed by atoms with Crippen LogP contribution in [0.3, 0.4) is 0 Å². The van der Waals surface area contributed by atoms with Gasteiger partial charge in [0.25, 0.3) is 0 Å². The van der Waals surface area contributed by atoms with Crippen molar-refractivity contribution in [2.75, 3.05) is 38.2 Å². The Morgan fingerprint density at radius 1 is 0.935 bits per heavy atom. The third kappa shape index (κ3) is 4.18. The molecule has 1 aliphatic heterocycles. The van der Waals surface area contributed by atoms with E-state index in [0.717, 1.165) is 17.0 Å². The largest absolute Gasteiger partial charge is 0.495 e. The molecule has 0 spiro atoms. The van der Waals surface area contributed by atoms with Crippen LogP contribution in [-0.4, -0.2) is 55.8 Å². The van der Waals surface area contributed by atoms with Crippen molar-refractivity contribution in [3.8, 4) is 17.0 Å². The Kier molecular flexibility index (Phi) is 6.02. The number of nitrogens with zero attached hydrogens (tertiary/aromatic N) is 4. The van der Waals surface area contributed by atoms with Crippen LogP contribution < -0.4 is 9.64 Å². The molecule has 2 aromatic carbocycles. The lowest BCUT2D eigenvalue weighted by atomic mass is 10.2. The molecule has 3 aromatic rings. The minimum atomic E-state index is -3.68. The maximum atomic E-state index is 13.6. The SMILES string of the molecule is COc1ccccc1N1CCN(S(=O)(=O)c2cn(C(C)C)nc2-c2ccccc2)CC1. The van der Waals surface area contributed by atoms with Gasteiger partial charge in [0, 0.05) is 44.0 Å². The number of hydrogen-bond donors (Lipinski definition) is 0. The zero-order chi connectivity index (χ0) is 22.0. The van der Waals surface area contributed by atoms with Gasteiger partial charge in [-0.1, -0.05) is 42.5 Å². The van der Waals surface area contributed by atoms with Gasteiger partial charge in [-0.3, -0.25) is 4.68 Å². The van der Waals surface area contributed by atoms with Crippen LogP contribution in [-0.2, 0) is 10.0 Å². The summed E-state index contributed by atoms with van der Waals surface area (Å²) in [6.45, 7) is 5.98. The number of benzene rings is 2. The average Bonchev–Trinajstić information content (AvgIpc) is 3.27. The van der Waals surface area contributed by atoms with E-state index in [1.807, 2.05) is 68.4 Å². The van der Waals surface area contributed by atoms with E-state index >= 15 is 0 Å². The molecule has 8 heteroatoms. The van der Waals surface area contributed by atoms with E-state index in [9.17, 15) is 8.42 Å². The van der Waals surface area contributed by atoms with E-state index < -0.39 is 10.0 Å². The monoisotopic (exact) mass is 440 g/mol. The zero-order valence-corrected chi connectivity index (χ0v) is 18.9. The van der Waals surface area contributed by atoms with Crippen molar-refractivity contribution >= 4 is 15.7 Å². The number of rotatable bonds is 6. The quantitative estimate of drug-likeness (QED) is 0.585. The van der Waals surface area contributed by atoms with E-state index in [2.05, 4.69) is 10.00 Å². The van der Waals surface area contributed by atoms with Gasteiger partial charge in [0.2, 0.25) is 10.0 Å². The first kappa shape index (κ1) is 21.4. The maximum Gasteiger partial charge on any atom is 0.246 e. The van der Waals surface area contributed by atoms with Crippen LogP contribution >= 0.6 is 0 Å². The standard InChI is InChI=1S/C23H28N4O3S/c1-18(2)27-17-22(23(24-27)19-9-5-4-6-10-19)31(28,29)26-15-13-25(14-16-26)20-11-7-8-12-21(20)30-3/h4-12,17-18H,13-16H2,1-3H3. The topological polar surface area (TPSA) is 67.7 Å². The fraction of sp³-hybridized carbons (Fsp3) is 0.348. The first-order chi connectivity index (χ1) is 14.9. The van der Waals surface area contributed by atoms with Gasteiger partial charge in [0.15, 0.2) is 0 Å². The molecule has 1 saturated heterocycles. The second kappa shape index (κ2) is 8.72. The van der Waals surface area contributed by atoms with Crippen molar-refractivity contribution in [2.24, 2.45) is 0 Å². The number of methoxy groups -OCH3 is 1. The molecule has 4 rings (SSSR count). The molecular weight excluding hydrogens is 412 g/mol. The van der Waals surface area contributed by atoms with Crippen molar-refractivity contribution in [1.29, 1.82) is 0 Å². The second-order valence-corrected chi connectivity index (χ2v) is 9.75. The van der Waals surface area contributed by atoms with Gasteiger partial charge in [-0.05, 0) is 26.0 Å². The normalized spacial score (nSPS) is 15.4. The third-order valence-corrected chi connectivity index (χ3v) is 7.46. The lowest BCUT2D eigenvalue weighted by Gasteiger charge is -2.35. The molecule has 0 radical (unpaired) electrons. The fourth-order valence-electron chi connectivity index (χ4n) is 3.82. The summed E-state index contributed by atoms with van der Waals surface area (Å²) < 4.78 is 36.0. The number of piperazine rings is 1. The molecule has 2 heterocycles. The van der Waals surface area contributed by atoms with Gasteiger partial charge >= 0.3 is 0 Å². The first-order valence-corrected chi connectivity index (χ1v) is 11.9. The Bertz CT molecular complexity index is 1130. The number of para-hydroxylation sites is 2. The number of ether oxygens (including phenoxy) is 1. The molecule has 7 nitrogen and oxygen atoms in total. The number of anilines is 1. The van der Waals surface area contributed by atoms with Gasteiger partial charge in [0.1, 0.15) is 16.3 Å². The predicted molar refractivity (Wildman–Crippen MR) is 122 cm³/mol. The van der Waals surface area contributed by atoms with E-state index in [4.69, 9.17) is 4.74 Å². The second-order valence-electron chi connectivity index (χ2n) is 7.84. The molecule has 1 aromatic heterocycles. The van der Waals surface area contributed by atoms with Gasteiger partial charge in [-0.25, -0.2) is 8.42 Å². The molecule has 0 atom stereocenters. The van der Waals surface area contributed by atoms with Crippen molar-refractivity contribution < 1.29 is 13.2 Å². The van der Waals surface area contributed by atoms with Gasteiger partial charge in [-0.15, -0.1) is 0 Å². The molecule has 0 bridgehead atoms. The summed E-state index contributed by atoms with van der Waals surface area (Å²) in [6, 6.07) is 17.4. The number of sulfonamides is 1. The molecule has 0 saturated carbocycles. The number of hydrogen-bond acceptors (Lipinski definition) is 5. The highest BCUT2D eigenvalue weighted by Crippen LogP contribution is 2.32. The van der Waals surface area contributed by atoms with Crippen LogP contribution in [0.5, 0.6) is 5.75 Å². The summed E-state index contributed by atoms with van der Waals surface area (Å²) >= 11 is 0. The summed E-state index contributed by atoms with van der Waals surface area (Å²) in [6.07, 6.45) is 1.66. The third-order valence-electron chi connectivity index (χ3n) is 5.56. The summed E-state index contributed by atoms with van der Waals surface area (Å²) in [7, 11) is -2.03. The lowest BCUT2D eigenvalue weighted by Crippen LogP contribution is -2.48. The first-order valence-electron chi connectivity index (χ1n) is 10.4. The predicted octanol–water partition coefficient (Wildman–Crippen LogP) is 3.65. The Morgan fingerprint density at radius 2 is 1.58 bits per heavy atom. The van der Waals surface area contributed by atoms with Crippen LogP contribution in [0.25, 0.3) is 11.3 Å². The van der Waals surface area contributed by atoms with Crippen LogP contribution in [0, 0.1) is 0 Å². The minimum absolute atomic E-state index is 0.0637. The Balaban J connectivity index is 1.61. The summed E-state index contributed by atoms with van der Waals surface area (Å²) in [5.74, 6) is 0.795. The van der Waals surface area contributed by atoms with Gasteiger partial charge in [0.05, 0.1) is 12.8 Å². The lowest BCUT2D eigenvalue weighted by molar-refractivity contribution is 0.378. The van der Waals surface area contributed by atoms with E-state index in [1.165, 1.54) is 0 Å². The van der Waals surface area contributed by atoms with Crippen molar-refractivity contribution in [3.63, 3.8) is 0 Å². The van der Waals surface area contributed by atoms with Crippen LogP contribution in [0.2, 0.25) is 0 Å². The van der Waals surface area contributed by atoms with E-state index in [1.54, 1.807) is 22.3 Å². The molecule has 164 valence electrons. The average molecular weight is 441 g/mol. The van der Waals surface area contributed by atoms with Crippen LogP contribution in [0.4, 0.5) is 5.69 Å². The molecular formula is C23H28N4O3S. The molecule has 0 amide bonds. The summed E-state index contributed by atoms with van der Waals surface area (Å²) in [5, 5.41) is 4.61. The Morgan fingerprint density at radius 3 is 2.23 bits per heavy atom. The highest BCUT2D eigenvalue weighted by Gasteiger charge is 2.33. The van der Waals surface area contributed by atoms with Gasteiger partial charge in [-0.2, -0.15) is 9.40 Å². The van der Waals surface area contributed by atoms with Crippen molar-refractivity contribution in [3.05, 3.63) is 60.8 Å². The molecule has 0 N–H and O–H groups in total. The number of aromatic nitrogens is 2. The highest BCUT2D eigenvalue weighted by atomic mass is 32.2. The van der Waals surface area contributed by atoms with Crippen LogP contribution in [0.1, 0.15) is 19.9 Å². The van der Waals surface area contributed by atoms with E-state index in [-0.39, 0.29) is 10.9 Å². The van der Waals surface area contributed by atoms with Crippen LogP contribution in [0.15, 0.2) is 65.7 Å². The molecule has 1 fully saturated rings. The molecule has 31 heavy (non-hydrogen) atoms. The zero-order valence-electron chi connectivity index (χ0n) is 18.1.